The molecular weight excluding hydrogens is 437 g/mol. The molecule has 0 unspecified atom stereocenters. The Morgan fingerprint density at radius 3 is 2.38 bits per heavy atom. The second-order valence-electron chi connectivity index (χ2n) is 7.46. The van der Waals surface area contributed by atoms with Crippen LogP contribution in [0.25, 0.3) is 0 Å². The largest absolute Gasteiger partial charge is 0.484 e. The molecule has 1 amide bonds. The van der Waals surface area contributed by atoms with E-state index in [-0.39, 0.29) is 31.6 Å². The molecule has 29 heavy (non-hydrogen) atoms. The Morgan fingerprint density at radius 1 is 1.10 bits per heavy atom. The lowest BCUT2D eigenvalue weighted by atomic mass is 9.96. The van der Waals surface area contributed by atoms with Gasteiger partial charge in [-0.1, -0.05) is 42.5 Å². The van der Waals surface area contributed by atoms with Gasteiger partial charge in [-0.15, -0.1) is 0 Å². The summed E-state index contributed by atoms with van der Waals surface area (Å²) in [5, 5.41) is 0.776. The fourth-order valence-corrected chi connectivity index (χ4v) is 5.65. The van der Waals surface area contributed by atoms with Crippen LogP contribution in [0.15, 0.2) is 18.2 Å². The molecule has 1 saturated heterocycles. The van der Waals surface area contributed by atoms with Crippen molar-refractivity contribution in [3.63, 3.8) is 0 Å². The molecule has 0 aromatic heterocycles. The Bertz CT molecular complexity index is 823. The summed E-state index contributed by atoms with van der Waals surface area (Å²) in [6.07, 6.45) is 5.16. The third kappa shape index (κ3) is 5.55. The Hall–Kier alpha value is -1.06. The molecule has 0 atom stereocenters. The van der Waals surface area contributed by atoms with E-state index in [4.69, 9.17) is 27.9 Å². The van der Waals surface area contributed by atoms with E-state index in [0.717, 1.165) is 25.7 Å². The van der Waals surface area contributed by atoms with E-state index in [1.54, 1.807) is 30.1 Å². The molecule has 3 rings (SSSR count). The zero-order chi connectivity index (χ0) is 21.0. The van der Waals surface area contributed by atoms with Gasteiger partial charge in [0.25, 0.3) is 16.1 Å². The average Bonchev–Trinajstić information content (AvgIpc) is 2.74. The van der Waals surface area contributed by atoms with Gasteiger partial charge in [-0.3, -0.25) is 4.79 Å². The maximum Gasteiger partial charge on any atom is 0.282 e. The van der Waals surface area contributed by atoms with Crippen LogP contribution in [-0.4, -0.2) is 73.7 Å². The highest BCUT2D eigenvalue weighted by atomic mass is 35.5. The highest BCUT2D eigenvalue weighted by Gasteiger charge is 2.35. The van der Waals surface area contributed by atoms with Crippen LogP contribution in [-0.2, 0) is 15.0 Å². The summed E-state index contributed by atoms with van der Waals surface area (Å²) in [6.45, 7) is 1.14. The van der Waals surface area contributed by atoms with Crippen LogP contribution < -0.4 is 4.74 Å². The van der Waals surface area contributed by atoms with Gasteiger partial charge in [0.05, 0.1) is 10.0 Å². The van der Waals surface area contributed by atoms with Gasteiger partial charge in [-0.05, 0) is 25.0 Å². The van der Waals surface area contributed by atoms with Gasteiger partial charge in [0.15, 0.2) is 6.61 Å². The second-order valence-corrected chi connectivity index (χ2v) is 10.3. The molecule has 10 heteroatoms. The summed E-state index contributed by atoms with van der Waals surface area (Å²) in [5.41, 5.74) is 0. The van der Waals surface area contributed by atoms with Crippen LogP contribution in [0.1, 0.15) is 32.1 Å². The molecule has 7 nitrogen and oxygen atoms in total. The van der Waals surface area contributed by atoms with Crippen molar-refractivity contribution in [2.24, 2.45) is 0 Å². The molecule has 0 N–H and O–H groups in total. The maximum absolute atomic E-state index is 12.9. The molecule has 1 aliphatic carbocycles. The van der Waals surface area contributed by atoms with Gasteiger partial charge < -0.3 is 9.64 Å². The Morgan fingerprint density at radius 2 is 1.76 bits per heavy atom. The van der Waals surface area contributed by atoms with Crippen LogP contribution in [0.2, 0.25) is 10.0 Å². The smallest absolute Gasteiger partial charge is 0.282 e. The van der Waals surface area contributed by atoms with Gasteiger partial charge in [-0.2, -0.15) is 17.0 Å². The molecule has 1 aromatic rings. The van der Waals surface area contributed by atoms with E-state index >= 15 is 0 Å². The van der Waals surface area contributed by atoms with Crippen molar-refractivity contribution in [1.82, 2.24) is 13.5 Å². The van der Waals surface area contributed by atoms with E-state index < -0.39 is 10.2 Å². The summed E-state index contributed by atoms with van der Waals surface area (Å²) in [5.74, 6) is 0.275. The van der Waals surface area contributed by atoms with Crippen LogP contribution in [0.3, 0.4) is 0 Å². The molecule has 0 spiro atoms. The lowest BCUT2D eigenvalue weighted by Crippen LogP contribution is -2.55. The first kappa shape index (κ1) is 22.6. The van der Waals surface area contributed by atoms with Crippen molar-refractivity contribution in [1.29, 1.82) is 0 Å². The summed E-state index contributed by atoms with van der Waals surface area (Å²) < 4.78 is 34.4. The van der Waals surface area contributed by atoms with Gasteiger partial charge in [0.1, 0.15) is 5.75 Å². The summed E-state index contributed by atoms with van der Waals surface area (Å²) in [4.78, 5) is 14.1. The second kappa shape index (κ2) is 9.83. The fraction of sp³-hybridized carbons (Fsp3) is 0.632. The topological polar surface area (TPSA) is 70.2 Å². The highest BCUT2D eigenvalue weighted by molar-refractivity contribution is 7.86. The fourth-order valence-electron chi connectivity index (χ4n) is 3.79. The molecule has 1 aliphatic heterocycles. The van der Waals surface area contributed by atoms with E-state index in [9.17, 15) is 13.2 Å². The average molecular weight is 464 g/mol. The third-order valence-electron chi connectivity index (χ3n) is 5.62. The molecule has 162 valence electrons. The summed E-state index contributed by atoms with van der Waals surface area (Å²) >= 11 is 11.8. The summed E-state index contributed by atoms with van der Waals surface area (Å²) in [7, 11) is -1.83. The van der Waals surface area contributed by atoms with Crippen molar-refractivity contribution in [3.8, 4) is 5.75 Å². The van der Waals surface area contributed by atoms with Crippen molar-refractivity contribution >= 4 is 39.3 Å². The number of piperazine rings is 1. The first-order chi connectivity index (χ1) is 13.8. The van der Waals surface area contributed by atoms with E-state index in [1.807, 2.05) is 0 Å². The number of benzene rings is 1. The number of nitrogens with zero attached hydrogens (tertiary/aromatic N) is 3. The van der Waals surface area contributed by atoms with Crippen LogP contribution >= 0.6 is 23.2 Å². The number of rotatable bonds is 6. The van der Waals surface area contributed by atoms with Crippen LogP contribution in [0.5, 0.6) is 5.75 Å². The molecule has 0 bridgehead atoms. The number of amides is 1. The van der Waals surface area contributed by atoms with Crippen LogP contribution in [0.4, 0.5) is 0 Å². The molecule has 2 fully saturated rings. The summed E-state index contributed by atoms with van der Waals surface area (Å²) in [6, 6.07) is 4.89. The van der Waals surface area contributed by atoms with Crippen molar-refractivity contribution in [2.45, 2.75) is 38.1 Å². The number of carbonyl (C=O) groups is 1. The van der Waals surface area contributed by atoms with Gasteiger partial charge in [0.2, 0.25) is 0 Å². The minimum atomic E-state index is -3.50. The number of ether oxygens (including phenoxy) is 1. The predicted molar refractivity (Wildman–Crippen MR) is 114 cm³/mol. The monoisotopic (exact) mass is 463 g/mol. The normalized spacial score (nSPS) is 19.5. The van der Waals surface area contributed by atoms with Crippen molar-refractivity contribution in [2.75, 3.05) is 39.8 Å². The minimum absolute atomic E-state index is 0.0769. The molecule has 1 heterocycles. The number of hydrogen-bond acceptors (Lipinski definition) is 4. The Labute approximate surface area is 182 Å². The minimum Gasteiger partial charge on any atom is -0.484 e. The molecule has 1 aromatic carbocycles. The van der Waals surface area contributed by atoms with E-state index in [1.165, 1.54) is 15.0 Å². The molecule has 0 radical (unpaired) electrons. The molecule has 1 saturated carbocycles. The first-order valence-corrected chi connectivity index (χ1v) is 12.0. The van der Waals surface area contributed by atoms with Crippen LogP contribution in [0, 0.1) is 0 Å². The van der Waals surface area contributed by atoms with Crippen molar-refractivity contribution < 1.29 is 17.9 Å². The van der Waals surface area contributed by atoms with Gasteiger partial charge >= 0.3 is 0 Å². The van der Waals surface area contributed by atoms with Gasteiger partial charge in [-0.25, -0.2) is 0 Å². The standard InChI is InChI=1S/C19H27Cl2N3O4S/c1-22(15-5-3-2-4-6-15)29(26,27)24-11-9-23(10-12-24)19(25)14-28-16-7-8-17(20)18(21)13-16/h7-8,13,15H,2-6,9-12,14H2,1H3. The van der Waals surface area contributed by atoms with E-state index in [2.05, 4.69) is 0 Å². The number of hydrogen-bond donors (Lipinski definition) is 0. The predicted octanol–water partition coefficient (Wildman–Crippen LogP) is 3.03. The van der Waals surface area contributed by atoms with E-state index in [0.29, 0.717) is 28.9 Å². The first-order valence-electron chi connectivity index (χ1n) is 9.88. The SMILES string of the molecule is CN(C1CCCCC1)S(=O)(=O)N1CCN(C(=O)COc2ccc(Cl)c(Cl)c2)CC1. The maximum atomic E-state index is 12.9. The Kier molecular flexibility index (Phi) is 7.67. The quantitative estimate of drug-likeness (QED) is 0.649. The van der Waals surface area contributed by atoms with Crippen molar-refractivity contribution in [3.05, 3.63) is 28.2 Å². The lowest BCUT2D eigenvalue weighted by Gasteiger charge is -2.38. The zero-order valence-corrected chi connectivity index (χ0v) is 18.8. The highest BCUT2D eigenvalue weighted by Crippen LogP contribution is 2.27. The van der Waals surface area contributed by atoms with Gasteiger partial charge in [0, 0.05) is 45.3 Å². The number of halogens is 2. The Balaban J connectivity index is 1.49. The molecular formula is C19H27Cl2N3O4S. The molecule has 2 aliphatic rings. The lowest BCUT2D eigenvalue weighted by molar-refractivity contribution is -0.134. The third-order valence-corrected chi connectivity index (χ3v) is 8.41. The number of carbonyl (C=O) groups excluding carboxylic acids is 1. The zero-order valence-electron chi connectivity index (χ0n) is 16.5.